The minimum atomic E-state index is -0.327. The van der Waals surface area contributed by atoms with Gasteiger partial charge in [0.2, 0.25) is 11.8 Å². The molecule has 0 radical (unpaired) electrons. The molecule has 4 amide bonds. The van der Waals surface area contributed by atoms with Crippen LogP contribution in [0.15, 0.2) is 30.3 Å². The van der Waals surface area contributed by atoms with Crippen molar-refractivity contribution in [3.8, 4) is 0 Å². The van der Waals surface area contributed by atoms with Gasteiger partial charge in [0, 0.05) is 51.2 Å². The van der Waals surface area contributed by atoms with E-state index in [0.29, 0.717) is 38.8 Å². The van der Waals surface area contributed by atoms with E-state index in [1.165, 1.54) is 17.9 Å². The Balaban J connectivity index is 1.16. The van der Waals surface area contributed by atoms with Crippen molar-refractivity contribution in [3.05, 3.63) is 35.9 Å². The van der Waals surface area contributed by atoms with Crippen LogP contribution in [-0.4, -0.2) is 90.9 Å². The lowest BCUT2D eigenvalue weighted by atomic mass is 9.76. The van der Waals surface area contributed by atoms with E-state index in [-0.39, 0.29) is 35.7 Å². The molecule has 3 aliphatic rings. The van der Waals surface area contributed by atoms with E-state index < -0.39 is 0 Å². The normalized spacial score (nSPS) is 25.7. The van der Waals surface area contributed by atoms with Gasteiger partial charge in [-0.2, -0.15) is 0 Å². The van der Waals surface area contributed by atoms with Gasteiger partial charge in [-0.1, -0.05) is 37.3 Å². The molecule has 4 rings (SSSR count). The maximum atomic E-state index is 13.0. The first-order valence-corrected chi connectivity index (χ1v) is 13.4. The molecule has 8 nitrogen and oxygen atoms in total. The Bertz CT molecular complexity index is 856. The van der Waals surface area contributed by atoms with Crippen LogP contribution in [0.25, 0.3) is 0 Å². The molecular weight excluding hydrogens is 442 g/mol. The van der Waals surface area contributed by atoms with E-state index >= 15 is 0 Å². The molecule has 3 fully saturated rings. The number of nitrogens with one attached hydrogen (secondary N) is 2. The maximum absolute atomic E-state index is 13.0. The molecule has 1 saturated carbocycles. The van der Waals surface area contributed by atoms with Crippen LogP contribution in [0.2, 0.25) is 0 Å². The van der Waals surface area contributed by atoms with Gasteiger partial charge in [0.25, 0.3) is 0 Å². The summed E-state index contributed by atoms with van der Waals surface area (Å²) in [6.07, 6.45) is 4.69. The van der Waals surface area contributed by atoms with Crippen LogP contribution in [0.1, 0.15) is 44.6 Å². The van der Waals surface area contributed by atoms with E-state index in [9.17, 15) is 14.4 Å². The van der Waals surface area contributed by atoms with Crippen molar-refractivity contribution < 1.29 is 14.4 Å². The number of fused-ring (bicyclic) bond motifs is 1. The first kappa shape index (κ1) is 25.6. The second-order valence-electron chi connectivity index (χ2n) is 10.2. The summed E-state index contributed by atoms with van der Waals surface area (Å²) in [5.41, 5.74) is 1.11. The first-order valence-electron chi connectivity index (χ1n) is 13.4. The Morgan fingerprint density at radius 1 is 1.00 bits per heavy atom. The van der Waals surface area contributed by atoms with Crippen molar-refractivity contribution in [2.24, 2.45) is 11.8 Å². The first-order chi connectivity index (χ1) is 17.0. The Labute approximate surface area is 209 Å². The molecule has 1 aliphatic carbocycles. The number of amides is 4. The van der Waals surface area contributed by atoms with Gasteiger partial charge in [-0.3, -0.25) is 14.5 Å². The number of rotatable bonds is 10. The third-order valence-corrected chi connectivity index (χ3v) is 7.78. The molecule has 3 unspecified atom stereocenters. The highest BCUT2D eigenvalue weighted by Crippen LogP contribution is 2.33. The molecule has 3 atom stereocenters. The SMILES string of the molecule is CCCN1CCN(CCCNC(=O)C2CCC3C(=O)N(CCc4ccccc4)C(=O)NC3C2)CC1. The van der Waals surface area contributed by atoms with E-state index in [4.69, 9.17) is 0 Å². The van der Waals surface area contributed by atoms with Crippen molar-refractivity contribution in [1.82, 2.24) is 25.3 Å². The Hall–Kier alpha value is -2.45. The van der Waals surface area contributed by atoms with E-state index in [2.05, 4.69) is 27.4 Å². The van der Waals surface area contributed by atoms with E-state index in [1.807, 2.05) is 30.3 Å². The maximum Gasteiger partial charge on any atom is 0.324 e. The molecule has 8 heteroatoms. The highest BCUT2D eigenvalue weighted by Gasteiger charge is 2.45. The fourth-order valence-electron chi connectivity index (χ4n) is 5.71. The lowest BCUT2D eigenvalue weighted by Crippen LogP contribution is -2.62. The van der Waals surface area contributed by atoms with Crippen LogP contribution in [0.4, 0.5) is 4.79 Å². The summed E-state index contributed by atoms with van der Waals surface area (Å²) in [4.78, 5) is 44.8. The Kier molecular flexibility index (Phi) is 9.15. The third kappa shape index (κ3) is 6.82. The molecule has 0 bridgehead atoms. The molecule has 2 heterocycles. The molecule has 0 spiro atoms. The van der Waals surface area contributed by atoms with Gasteiger partial charge in [-0.15, -0.1) is 0 Å². The zero-order valence-electron chi connectivity index (χ0n) is 21.1. The zero-order chi connectivity index (χ0) is 24.6. The summed E-state index contributed by atoms with van der Waals surface area (Å²) in [7, 11) is 0. The molecule has 1 aromatic rings. The lowest BCUT2D eigenvalue weighted by Gasteiger charge is -2.42. The smallest absolute Gasteiger partial charge is 0.324 e. The molecule has 2 N–H and O–H groups in total. The van der Waals surface area contributed by atoms with Crippen molar-refractivity contribution >= 4 is 17.8 Å². The molecule has 2 aliphatic heterocycles. The van der Waals surface area contributed by atoms with Crippen LogP contribution in [0.3, 0.4) is 0 Å². The fraction of sp³-hybridized carbons (Fsp3) is 0.667. The van der Waals surface area contributed by atoms with Crippen molar-refractivity contribution in [2.45, 2.75) is 51.5 Å². The highest BCUT2D eigenvalue weighted by molar-refractivity contribution is 5.99. The summed E-state index contributed by atoms with van der Waals surface area (Å²) in [5, 5.41) is 6.12. The number of carbonyl (C=O) groups is 3. The van der Waals surface area contributed by atoms with Crippen molar-refractivity contribution in [1.29, 1.82) is 0 Å². The van der Waals surface area contributed by atoms with Crippen LogP contribution in [0, 0.1) is 11.8 Å². The molecule has 2 saturated heterocycles. The molecule has 0 aromatic heterocycles. The summed E-state index contributed by atoms with van der Waals surface area (Å²) in [5.74, 6) is -0.395. The van der Waals surface area contributed by atoms with Crippen LogP contribution in [0.5, 0.6) is 0 Å². The number of piperazine rings is 1. The van der Waals surface area contributed by atoms with Crippen LogP contribution >= 0.6 is 0 Å². The number of benzene rings is 1. The molecule has 35 heavy (non-hydrogen) atoms. The fourth-order valence-corrected chi connectivity index (χ4v) is 5.71. The molecule has 192 valence electrons. The number of nitrogens with zero attached hydrogens (tertiary/aromatic N) is 3. The summed E-state index contributed by atoms with van der Waals surface area (Å²) < 4.78 is 0. The van der Waals surface area contributed by atoms with Gasteiger partial charge in [-0.25, -0.2) is 4.79 Å². The quantitative estimate of drug-likeness (QED) is 0.498. The summed E-state index contributed by atoms with van der Waals surface area (Å²) >= 11 is 0. The van der Waals surface area contributed by atoms with Crippen molar-refractivity contribution in [3.63, 3.8) is 0 Å². The van der Waals surface area contributed by atoms with Gasteiger partial charge in [0.1, 0.15) is 0 Å². The summed E-state index contributed by atoms with van der Waals surface area (Å²) in [6, 6.07) is 9.32. The lowest BCUT2D eigenvalue weighted by molar-refractivity contribution is -0.139. The zero-order valence-corrected chi connectivity index (χ0v) is 21.1. The van der Waals surface area contributed by atoms with Gasteiger partial charge in [-0.05, 0) is 57.2 Å². The monoisotopic (exact) mass is 483 g/mol. The number of hydrogen-bond donors (Lipinski definition) is 2. The number of carbonyl (C=O) groups excluding carboxylic acids is 3. The standard InChI is InChI=1S/C27H41N5O3/c1-2-13-30-16-18-31(19-17-30)14-6-12-28-25(33)22-9-10-23-24(20-22)29-27(35)32(26(23)34)15-11-21-7-4-3-5-8-21/h3-5,7-8,22-24H,2,6,9-20H2,1H3,(H,28,33)(H,29,35). The predicted molar refractivity (Wildman–Crippen MR) is 136 cm³/mol. The second kappa shape index (κ2) is 12.5. The topological polar surface area (TPSA) is 85.0 Å². The van der Waals surface area contributed by atoms with Gasteiger partial charge in [0.15, 0.2) is 0 Å². The van der Waals surface area contributed by atoms with E-state index in [0.717, 1.165) is 44.7 Å². The largest absolute Gasteiger partial charge is 0.356 e. The van der Waals surface area contributed by atoms with Crippen molar-refractivity contribution in [2.75, 3.05) is 52.4 Å². The minimum absolute atomic E-state index is 0.0596. The number of imide groups is 1. The number of hydrogen-bond acceptors (Lipinski definition) is 5. The Morgan fingerprint density at radius 2 is 1.71 bits per heavy atom. The van der Waals surface area contributed by atoms with Gasteiger partial charge < -0.3 is 20.4 Å². The molecular formula is C27H41N5O3. The van der Waals surface area contributed by atoms with Crippen LogP contribution < -0.4 is 10.6 Å². The van der Waals surface area contributed by atoms with Gasteiger partial charge >= 0.3 is 6.03 Å². The predicted octanol–water partition coefficient (Wildman–Crippen LogP) is 2.10. The summed E-state index contributed by atoms with van der Waals surface area (Å²) in [6.45, 7) is 9.98. The second-order valence-corrected chi connectivity index (χ2v) is 10.2. The van der Waals surface area contributed by atoms with Gasteiger partial charge in [0.05, 0.1) is 5.92 Å². The average Bonchev–Trinajstić information content (AvgIpc) is 2.88. The third-order valence-electron chi connectivity index (χ3n) is 7.78. The average molecular weight is 484 g/mol. The number of urea groups is 1. The van der Waals surface area contributed by atoms with E-state index in [1.54, 1.807) is 0 Å². The van der Waals surface area contributed by atoms with Crippen LogP contribution in [-0.2, 0) is 16.0 Å². The highest BCUT2D eigenvalue weighted by atomic mass is 16.2. The Morgan fingerprint density at radius 3 is 2.43 bits per heavy atom. The minimum Gasteiger partial charge on any atom is -0.356 e. The molecule has 1 aromatic carbocycles.